The van der Waals surface area contributed by atoms with Crippen molar-refractivity contribution in [2.45, 2.75) is 19.8 Å². The Morgan fingerprint density at radius 2 is 2.22 bits per heavy atom. The molecule has 1 N–H and O–H groups in total. The van der Waals surface area contributed by atoms with Crippen molar-refractivity contribution in [1.82, 2.24) is 4.57 Å². The molecule has 0 saturated carbocycles. The molecule has 96 valence electrons. The third-order valence-corrected chi connectivity index (χ3v) is 3.14. The summed E-state index contributed by atoms with van der Waals surface area (Å²) in [6.45, 7) is 1.69. The summed E-state index contributed by atoms with van der Waals surface area (Å²) in [6.07, 6.45) is 1.25. The first-order valence-electron chi connectivity index (χ1n) is 5.80. The number of rotatable bonds is 4. The summed E-state index contributed by atoms with van der Waals surface area (Å²) in [5.74, 6) is -1.54. The average Bonchev–Trinajstić information content (AvgIpc) is 2.62. The van der Waals surface area contributed by atoms with Crippen LogP contribution in [0.2, 0.25) is 0 Å². The van der Waals surface area contributed by atoms with Crippen LogP contribution < -0.4 is 5.76 Å². The highest BCUT2D eigenvalue weighted by atomic mass is 16.4. The second-order valence-electron chi connectivity index (χ2n) is 4.51. The third-order valence-electron chi connectivity index (χ3n) is 3.14. The molecule has 0 fully saturated rings. The molecule has 0 aliphatic carbocycles. The van der Waals surface area contributed by atoms with Gasteiger partial charge in [0.2, 0.25) is 0 Å². The maximum absolute atomic E-state index is 11.3. The molecule has 1 heterocycles. The minimum absolute atomic E-state index is 0.367. The number of hydrogen-bond donors (Lipinski definition) is 1. The predicted octanol–water partition coefficient (Wildman–Crippen LogP) is 1.78. The Morgan fingerprint density at radius 3 is 2.89 bits per heavy atom. The van der Waals surface area contributed by atoms with E-state index in [1.54, 1.807) is 20.0 Å². The van der Waals surface area contributed by atoms with Crippen LogP contribution in [-0.2, 0) is 18.3 Å². The van der Waals surface area contributed by atoms with Gasteiger partial charge in [0.1, 0.15) is 0 Å². The van der Waals surface area contributed by atoms with Crippen molar-refractivity contribution in [3.63, 3.8) is 0 Å². The van der Waals surface area contributed by atoms with E-state index in [1.807, 2.05) is 12.1 Å². The average molecular weight is 249 g/mol. The highest BCUT2D eigenvalue weighted by molar-refractivity contribution is 5.73. The summed E-state index contributed by atoms with van der Waals surface area (Å²) in [5.41, 5.74) is 2.30. The predicted molar refractivity (Wildman–Crippen MR) is 66.6 cm³/mol. The molecule has 1 aromatic heterocycles. The van der Waals surface area contributed by atoms with E-state index in [1.165, 1.54) is 4.57 Å². The number of fused-ring (bicyclic) bond motifs is 1. The van der Waals surface area contributed by atoms with Gasteiger partial charge in [0.25, 0.3) is 0 Å². The molecule has 1 unspecified atom stereocenters. The van der Waals surface area contributed by atoms with Crippen LogP contribution in [0.25, 0.3) is 11.1 Å². The summed E-state index contributed by atoms with van der Waals surface area (Å²) in [6, 6.07) is 5.48. The van der Waals surface area contributed by atoms with E-state index < -0.39 is 5.97 Å². The van der Waals surface area contributed by atoms with Gasteiger partial charge in [0.15, 0.2) is 5.58 Å². The van der Waals surface area contributed by atoms with Crippen LogP contribution >= 0.6 is 0 Å². The third kappa shape index (κ3) is 2.30. The standard InChI is InChI=1S/C13H15NO4/c1-8(12(15)16)3-4-9-5-6-11-10(7-9)14(2)13(17)18-11/h5-8H,3-4H2,1-2H3,(H,15,16). The quantitative estimate of drug-likeness (QED) is 0.896. The number of benzene rings is 1. The molecule has 0 saturated heterocycles. The monoisotopic (exact) mass is 249 g/mol. The van der Waals surface area contributed by atoms with E-state index in [-0.39, 0.29) is 11.7 Å². The summed E-state index contributed by atoms with van der Waals surface area (Å²) < 4.78 is 6.47. The van der Waals surface area contributed by atoms with Crippen LogP contribution in [0, 0.1) is 5.92 Å². The SMILES string of the molecule is CC(CCc1ccc2oc(=O)n(C)c2c1)C(=O)O. The molecule has 5 nitrogen and oxygen atoms in total. The van der Waals surface area contributed by atoms with E-state index in [4.69, 9.17) is 9.52 Å². The van der Waals surface area contributed by atoms with Crippen molar-refractivity contribution in [3.8, 4) is 0 Å². The summed E-state index contributed by atoms with van der Waals surface area (Å²) in [7, 11) is 1.65. The van der Waals surface area contributed by atoms with Gasteiger partial charge in [-0.3, -0.25) is 9.36 Å². The van der Waals surface area contributed by atoms with Crippen molar-refractivity contribution in [3.05, 3.63) is 34.3 Å². The van der Waals surface area contributed by atoms with Gasteiger partial charge < -0.3 is 9.52 Å². The number of nitrogens with zero attached hydrogens (tertiary/aromatic N) is 1. The van der Waals surface area contributed by atoms with Crippen LogP contribution in [0.3, 0.4) is 0 Å². The van der Waals surface area contributed by atoms with Gasteiger partial charge in [-0.2, -0.15) is 0 Å². The lowest BCUT2D eigenvalue weighted by molar-refractivity contribution is -0.141. The maximum atomic E-state index is 11.3. The summed E-state index contributed by atoms with van der Waals surface area (Å²) >= 11 is 0. The number of carbonyl (C=O) groups is 1. The molecule has 1 aromatic carbocycles. The van der Waals surface area contributed by atoms with Gasteiger partial charge in [0.05, 0.1) is 11.4 Å². The Hall–Kier alpha value is -2.04. The molecule has 0 spiro atoms. The van der Waals surface area contributed by atoms with Gasteiger partial charge in [-0.1, -0.05) is 13.0 Å². The molecular weight excluding hydrogens is 234 g/mol. The smallest absolute Gasteiger partial charge is 0.419 e. The molecule has 2 aromatic rings. The lowest BCUT2D eigenvalue weighted by atomic mass is 10.0. The lowest BCUT2D eigenvalue weighted by Crippen LogP contribution is -2.10. The number of aryl methyl sites for hydroxylation is 2. The molecule has 0 bridgehead atoms. The van der Waals surface area contributed by atoms with E-state index >= 15 is 0 Å². The Balaban J connectivity index is 2.22. The largest absolute Gasteiger partial charge is 0.481 e. The number of carboxylic acid groups (broad SMARTS) is 1. The fourth-order valence-corrected chi connectivity index (χ4v) is 1.83. The Bertz CT molecular complexity index is 638. The Morgan fingerprint density at radius 1 is 1.50 bits per heavy atom. The molecule has 0 aliphatic heterocycles. The minimum Gasteiger partial charge on any atom is -0.481 e. The van der Waals surface area contributed by atoms with Gasteiger partial charge in [-0.25, -0.2) is 4.79 Å². The Labute approximate surface area is 104 Å². The van der Waals surface area contributed by atoms with Crippen molar-refractivity contribution >= 4 is 17.1 Å². The molecule has 1 atom stereocenters. The zero-order chi connectivity index (χ0) is 13.3. The van der Waals surface area contributed by atoms with Crippen LogP contribution in [0.15, 0.2) is 27.4 Å². The van der Waals surface area contributed by atoms with E-state index in [2.05, 4.69) is 0 Å². The van der Waals surface area contributed by atoms with Gasteiger partial charge in [-0.15, -0.1) is 0 Å². The highest BCUT2D eigenvalue weighted by Crippen LogP contribution is 2.17. The first kappa shape index (κ1) is 12.4. The van der Waals surface area contributed by atoms with Crippen molar-refractivity contribution < 1.29 is 14.3 Å². The number of carboxylic acids is 1. The highest BCUT2D eigenvalue weighted by Gasteiger charge is 2.11. The molecule has 0 aliphatic rings. The number of oxazole rings is 1. The second-order valence-corrected chi connectivity index (χ2v) is 4.51. The van der Waals surface area contributed by atoms with Gasteiger partial charge in [-0.05, 0) is 30.5 Å². The van der Waals surface area contributed by atoms with Crippen LogP contribution in [0.4, 0.5) is 0 Å². The molecule has 2 rings (SSSR count). The normalized spacial score (nSPS) is 12.8. The van der Waals surface area contributed by atoms with Crippen LogP contribution in [-0.4, -0.2) is 15.6 Å². The van der Waals surface area contributed by atoms with E-state index in [9.17, 15) is 9.59 Å². The van der Waals surface area contributed by atoms with Gasteiger partial charge >= 0.3 is 11.7 Å². The second kappa shape index (κ2) is 4.68. The fraction of sp³-hybridized carbons (Fsp3) is 0.385. The molecule has 5 heteroatoms. The zero-order valence-electron chi connectivity index (χ0n) is 10.3. The first-order valence-corrected chi connectivity index (χ1v) is 5.80. The topological polar surface area (TPSA) is 72.4 Å². The fourth-order valence-electron chi connectivity index (χ4n) is 1.83. The van der Waals surface area contributed by atoms with Crippen molar-refractivity contribution in [1.29, 1.82) is 0 Å². The number of hydrogen-bond acceptors (Lipinski definition) is 3. The maximum Gasteiger partial charge on any atom is 0.419 e. The molecule has 0 amide bonds. The van der Waals surface area contributed by atoms with Crippen molar-refractivity contribution in [2.24, 2.45) is 13.0 Å². The first-order chi connectivity index (χ1) is 8.49. The number of aliphatic carboxylic acids is 1. The van der Waals surface area contributed by atoms with Gasteiger partial charge in [0, 0.05) is 7.05 Å². The lowest BCUT2D eigenvalue weighted by Gasteiger charge is -2.05. The van der Waals surface area contributed by atoms with Crippen LogP contribution in [0.1, 0.15) is 18.9 Å². The van der Waals surface area contributed by atoms with Crippen molar-refractivity contribution in [2.75, 3.05) is 0 Å². The summed E-state index contributed by atoms with van der Waals surface area (Å²) in [4.78, 5) is 22.1. The minimum atomic E-state index is -0.785. The molecule has 0 radical (unpaired) electrons. The van der Waals surface area contributed by atoms with Crippen LogP contribution in [0.5, 0.6) is 0 Å². The van der Waals surface area contributed by atoms with E-state index in [0.717, 1.165) is 11.1 Å². The molecule has 18 heavy (non-hydrogen) atoms. The Kier molecular flexibility index (Phi) is 3.23. The number of aromatic nitrogens is 1. The van der Waals surface area contributed by atoms with E-state index in [0.29, 0.717) is 18.4 Å². The zero-order valence-corrected chi connectivity index (χ0v) is 10.3. The summed E-state index contributed by atoms with van der Waals surface area (Å²) in [5, 5.41) is 8.82. The molecular formula is C13H15NO4.